The second-order valence-corrected chi connectivity index (χ2v) is 12.1. The van der Waals surface area contributed by atoms with Crippen LogP contribution in [0.1, 0.15) is 11.1 Å². The van der Waals surface area contributed by atoms with Crippen LogP contribution in [0.3, 0.4) is 0 Å². The zero-order valence-electron chi connectivity index (χ0n) is 18.6. The Hall–Kier alpha value is -3.75. The summed E-state index contributed by atoms with van der Waals surface area (Å²) in [5.41, 5.74) is -0.516. The third-order valence-electron chi connectivity index (χ3n) is 6.23. The third-order valence-corrected chi connectivity index (χ3v) is 9.25. The van der Waals surface area contributed by atoms with Gasteiger partial charge in [-0.05, 0) is 48.0 Å². The van der Waals surface area contributed by atoms with Crippen molar-refractivity contribution in [2.45, 2.75) is 16.3 Å². The fraction of sp³-hybridized carbons (Fsp3) is 0.130. The number of sulfone groups is 1. The van der Waals surface area contributed by atoms with Gasteiger partial charge in [0.15, 0.2) is 21.5 Å². The van der Waals surface area contributed by atoms with Gasteiger partial charge in [-0.1, -0.05) is 12.1 Å². The highest BCUT2D eigenvalue weighted by Crippen LogP contribution is 2.53. The molecule has 3 aromatic rings. The maximum absolute atomic E-state index is 14.2. The highest BCUT2D eigenvalue weighted by Gasteiger charge is 2.69. The van der Waals surface area contributed by atoms with Crippen molar-refractivity contribution in [3.63, 3.8) is 0 Å². The molecule has 2 aliphatic heterocycles. The van der Waals surface area contributed by atoms with Crippen LogP contribution in [-0.4, -0.2) is 34.4 Å². The fourth-order valence-corrected chi connectivity index (χ4v) is 7.21. The molecule has 5 rings (SSSR count). The SMILES string of the molecule is NS(=O)(=O)c1ccc2c(c1)C1(C(=O)N2Cc2ccc(F)cc2)N(c2ccc(F)c(F)c2)C(=O)CS1(=O)=O. The zero-order chi connectivity index (χ0) is 26.9. The molecule has 0 aromatic heterocycles. The van der Waals surface area contributed by atoms with Crippen LogP contribution in [0.15, 0.2) is 65.6 Å². The summed E-state index contributed by atoms with van der Waals surface area (Å²) in [5, 5.41) is 5.24. The smallest absolute Gasteiger partial charge is 0.274 e. The molecular formula is C23H16F3N3O6S2. The molecule has 0 saturated carbocycles. The lowest BCUT2D eigenvalue weighted by atomic mass is 10.0. The van der Waals surface area contributed by atoms with E-state index in [0.717, 1.165) is 41.3 Å². The lowest BCUT2D eigenvalue weighted by Crippen LogP contribution is -2.54. The second kappa shape index (κ2) is 8.13. The Labute approximate surface area is 208 Å². The van der Waals surface area contributed by atoms with E-state index in [9.17, 15) is 39.6 Å². The number of halogens is 3. The van der Waals surface area contributed by atoms with E-state index < -0.39 is 75.9 Å². The van der Waals surface area contributed by atoms with Gasteiger partial charge in [0.1, 0.15) is 11.6 Å². The van der Waals surface area contributed by atoms with Crippen molar-refractivity contribution in [2.24, 2.45) is 5.14 Å². The summed E-state index contributed by atoms with van der Waals surface area (Å²) >= 11 is 0. The van der Waals surface area contributed by atoms with E-state index in [1.165, 1.54) is 12.1 Å². The van der Waals surface area contributed by atoms with Crippen LogP contribution >= 0.6 is 0 Å². The quantitative estimate of drug-likeness (QED) is 0.527. The molecule has 9 nitrogen and oxygen atoms in total. The third kappa shape index (κ3) is 3.62. The van der Waals surface area contributed by atoms with Gasteiger partial charge in [-0.2, -0.15) is 0 Å². The monoisotopic (exact) mass is 551 g/mol. The number of nitrogens with two attached hydrogens (primary N) is 1. The Morgan fingerprint density at radius 1 is 0.919 bits per heavy atom. The zero-order valence-corrected chi connectivity index (χ0v) is 20.2. The van der Waals surface area contributed by atoms with Crippen LogP contribution in [0, 0.1) is 17.5 Å². The van der Waals surface area contributed by atoms with Crippen molar-refractivity contribution < 1.29 is 39.6 Å². The molecule has 14 heteroatoms. The van der Waals surface area contributed by atoms with E-state index in [0.29, 0.717) is 22.6 Å². The van der Waals surface area contributed by atoms with Crippen molar-refractivity contribution in [3.05, 3.63) is 89.2 Å². The number of amides is 2. The topological polar surface area (TPSA) is 135 Å². The van der Waals surface area contributed by atoms with Crippen molar-refractivity contribution >= 4 is 43.0 Å². The van der Waals surface area contributed by atoms with E-state index in [2.05, 4.69) is 0 Å². The number of fused-ring (bicyclic) bond motifs is 2. The Balaban J connectivity index is 1.81. The second-order valence-electron chi connectivity index (χ2n) is 8.47. The van der Waals surface area contributed by atoms with Gasteiger partial charge in [0, 0.05) is 17.3 Å². The van der Waals surface area contributed by atoms with E-state index in [4.69, 9.17) is 5.14 Å². The van der Waals surface area contributed by atoms with E-state index in [1.807, 2.05) is 0 Å². The standard InChI is InChI=1S/C23H16F3N3O6S2/c24-14-3-1-13(2-4-14)11-28-20-8-6-16(37(27,34)35)10-17(20)23(22(28)31)29(21(30)12-36(23,32)33)15-5-7-18(25)19(26)9-15/h1-10H,11-12H2,(H2,27,34,35). The van der Waals surface area contributed by atoms with Gasteiger partial charge in [0.25, 0.3) is 10.8 Å². The summed E-state index contributed by atoms with van der Waals surface area (Å²) in [6.07, 6.45) is 0. The average molecular weight is 552 g/mol. The summed E-state index contributed by atoms with van der Waals surface area (Å²) in [5.74, 6) is -6.68. The maximum atomic E-state index is 14.2. The molecule has 37 heavy (non-hydrogen) atoms. The van der Waals surface area contributed by atoms with E-state index in [1.54, 1.807) is 0 Å². The lowest BCUT2D eigenvalue weighted by molar-refractivity contribution is -0.123. The Kier molecular flexibility index (Phi) is 5.47. The van der Waals surface area contributed by atoms with Crippen molar-refractivity contribution in [3.8, 4) is 0 Å². The minimum Gasteiger partial charge on any atom is -0.304 e. The van der Waals surface area contributed by atoms with Gasteiger partial charge in [-0.25, -0.2) is 35.1 Å². The molecule has 0 radical (unpaired) electrons. The summed E-state index contributed by atoms with van der Waals surface area (Å²) in [6, 6.07) is 10.2. The van der Waals surface area contributed by atoms with Gasteiger partial charge in [-0.15, -0.1) is 0 Å². The molecule has 3 aromatic carbocycles. The van der Waals surface area contributed by atoms with Crippen LogP contribution in [0.25, 0.3) is 0 Å². The molecule has 0 aliphatic carbocycles. The first-order valence-electron chi connectivity index (χ1n) is 10.5. The molecule has 1 saturated heterocycles. The predicted octanol–water partition coefficient (Wildman–Crippen LogP) is 1.91. The molecule has 2 amide bonds. The Morgan fingerprint density at radius 2 is 1.59 bits per heavy atom. The lowest BCUT2D eigenvalue weighted by Gasteiger charge is -2.32. The van der Waals surface area contributed by atoms with Crippen LogP contribution in [0.2, 0.25) is 0 Å². The van der Waals surface area contributed by atoms with Gasteiger partial charge >= 0.3 is 0 Å². The molecule has 0 bridgehead atoms. The van der Waals surface area contributed by atoms with Crippen LogP contribution in [0.5, 0.6) is 0 Å². The van der Waals surface area contributed by atoms with Gasteiger partial charge in [-0.3, -0.25) is 14.5 Å². The fourth-order valence-electron chi connectivity index (χ4n) is 4.65. The number of benzene rings is 3. The Morgan fingerprint density at radius 3 is 2.22 bits per heavy atom. The maximum Gasteiger partial charge on any atom is 0.274 e. The van der Waals surface area contributed by atoms with Crippen LogP contribution in [-0.2, 0) is 40.9 Å². The number of hydrogen-bond donors (Lipinski definition) is 1. The van der Waals surface area contributed by atoms with Crippen molar-refractivity contribution in [1.29, 1.82) is 0 Å². The summed E-state index contributed by atoms with van der Waals surface area (Å²) in [7, 11) is -9.13. The first-order valence-corrected chi connectivity index (χ1v) is 13.7. The molecule has 1 fully saturated rings. The summed E-state index contributed by atoms with van der Waals surface area (Å²) < 4.78 is 92.6. The number of nitrogens with zero attached hydrogens (tertiary/aromatic N) is 2. The predicted molar refractivity (Wildman–Crippen MR) is 125 cm³/mol. The molecule has 1 unspecified atom stereocenters. The Bertz CT molecular complexity index is 1710. The van der Waals surface area contributed by atoms with Crippen LogP contribution < -0.4 is 14.9 Å². The number of rotatable bonds is 4. The number of carbonyl (C=O) groups is 2. The highest BCUT2D eigenvalue weighted by atomic mass is 32.2. The number of anilines is 2. The normalized spacial score (nSPS) is 20.6. The molecular weight excluding hydrogens is 535 g/mol. The summed E-state index contributed by atoms with van der Waals surface area (Å²) in [4.78, 5) is 25.3. The molecule has 2 N–H and O–H groups in total. The summed E-state index contributed by atoms with van der Waals surface area (Å²) in [6.45, 7) is -0.280. The molecule has 1 spiro atoms. The first kappa shape index (κ1) is 24.9. The van der Waals surface area contributed by atoms with Gasteiger partial charge < -0.3 is 4.90 Å². The molecule has 192 valence electrons. The largest absolute Gasteiger partial charge is 0.304 e. The van der Waals surface area contributed by atoms with Gasteiger partial charge in [0.05, 0.1) is 17.1 Å². The first-order chi connectivity index (χ1) is 17.3. The minimum atomic E-state index is -4.74. The average Bonchev–Trinajstić information content (AvgIpc) is 3.18. The minimum absolute atomic E-state index is 0.0624. The number of sulfonamides is 1. The highest BCUT2D eigenvalue weighted by molar-refractivity contribution is 7.94. The number of carbonyl (C=O) groups excluding carboxylic acids is 2. The molecule has 2 aliphatic rings. The van der Waals surface area contributed by atoms with Crippen molar-refractivity contribution in [2.75, 3.05) is 15.6 Å². The molecule has 1 atom stereocenters. The molecule has 2 heterocycles. The van der Waals surface area contributed by atoms with E-state index >= 15 is 0 Å². The van der Waals surface area contributed by atoms with Gasteiger partial charge in [0.2, 0.25) is 15.9 Å². The van der Waals surface area contributed by atoms with Crippen molar-refractivity contribution in [1.82, 2.24) is 0 Å². The number of hydrogen-bond acceptors (Lipinski definition) is 6. The van der Waals surface area contributed by atoms with Crippen LogP contribution in [0.4, 0.5) is 24.5 Å². The number of primary sulfonamides is 1. The van der Waals surface area contributed by atoms with E-state index in [-0.39, 0.29) is 12.2 Å².